The second-order valence-corrected chi connectivity index (χ2v) is 8.70. The van der Waals surface area contributed by atoms with Gasteiger partial charge in [-0.3, -0.25) is 0 Å². The van der Waals surface area contributed by atoms with Gasteiger partial charge in [0.1, 0.15) is 5.75 Å². The fourth-order valence-electron chi connectivity index (χ4n) is 4.59. The molecule has 0 bridgehead atoms. The molecule has 2 aliphatic carbocycles. The first-order valence-electron chi connectivity index (χ1n) is 12.8. The van der Waals surface area contributed by atoms with E-state index in [1.165, 1.54) is 49.7 Å². The van der Waals surface area contributed by atoms with Crippen LogP contribution in [0.5, 0.6) is 5.75 Å². The zero-order chi connectivity index (χ0) is 23.2. The molecule has 2 aliphatic rings. The molecule has 1 fully saturated rings. The summed E-state index contributed by atoms with van der Waals surface area (Å²) in [4.78, 5) is 0. The Balaban J connectivity index is 0.000000271. The number of ether oxygens (including phenoxy) is 1. The lowest BCUT2D eigenvalue weighted by atomic mass is 9.81. The van der Waals surface area contributed by atoms with E-state index in [-0.39, 0.29) is 0 Å². The molecule has 0 amide bonds. The van der Waals surface area contributed by atoms with E-state index in [2.05, 4.69) is 68.5 Å². The van der Waals surface area contributed by atoms with E-state index in [9.17, 15) is 0 Å². The molecule has 32 heavy (non-hydrogen) atoms. The van der Waals surface area contributed by atoms with Gasteiger partial charge in [-0.05, 0) is 67.2 Å². The Kier molecular flexibility index (Phi) is 12.2. The van der Waals surface area contributed by atoms with Crippen LogP contribution in [-0.2, 0) is 6.42 Å². The highest BCUT2D eigenvalue weighted by Crippen LogP contribution is 2.44. The number of fused-ring (bicyclic) bond motifs is 1. The van der Waals surface area contributed by atoms with Gasteiger partial charge in [0, 0.05) is 18.9 Å². The second kappa shape index (κ2) is 14.9. The van der Waals surface area contributed by atoms with Gasteiger partial charge in [-0.15, -0.1) is 0 Å². The molecule has 0 aromatic heterocycles. The van der Waals surface area contributed by atoms with Gasteiger partial charge in [0.05, 0.1) is 6.61 Å². The Hall–Kier alpha value is -2.06. The number of hydrogen-bond acceptors (Lipinski definition) is 2. The number of hydrogen-bond donors (Lipinski definition) is 1. The standard InChI is InChI=1S/C20H26O.C8H12O.C2H6/c1-3-8-18(4-2)19-11-13-20(14-12-19)21-16-15-17-9-6-5-7-10-17;9-5-6-3-7-1-2-8(7)4-6;1-2/h5-7,9-14,18H,3-4,8,15-16H2,1-2H3;3,6,8-9H,1-2,4-5H2;1-2H3. The van der Waals surface area contributed by atoms with Gasteiger partial charge in [-0.2, -0.15) is 0 Å². The molecule has 176 valence electrons. The first-order chi connectivity index (χ1) is 15.7. The van der Waals surface area contributed by atoms with Crippen LogP contribution in [0.25, 0.3) is 0 Å². The Labute approximate surface area is 196 Å². The average Bonchev–Trinajstić information content (AvgIpc) is 3.13. The summed E-state index contributed by atoms with van der Waals surface area (Å²) in [5.74, 6) is 3.05. The van der Waals surface area contributed by atoms with Gasteiger partial charge in [0.25, 0.3) is 0 Å². The molecule has 3 unspecified atom stereocenters. The summed E-state index contributed by atoms with van der Waals surface area (Å²) >= 11 is 0. The summed E-state index contributed by atoms with van der Waals surface area (Å²) in [5.41, 5.74) is 4.38. The molecule has 0 aliphatic heterocycles. The van der Waals surface area contributed by atoms with Gasteiger partial charge in [0.2, 0.25) is 0 Å². The molecule has 0 spiro atoms. The lowest BCUT2D eigenvalue weighted by Crippen LogP contribution is -2.11. The van der Waals surface area contributed by atoms with Crippen LogP contribution in [0, 0.1) is 11.8 Å². The van der Waals surface area contributed by atoms with Crippen molar-refractivity contribution in [1.82, 2.24) is 0 Å². The Bertz CT molecular complexity index is 763. The monoisotopic (exact) mass is 436 g/mol. The van der Waals surface area contributed by atoms with Gasteiger partial charge in [-0.1, -0.05) is 88.2 Å². The molecule has 0 heterocycles. The van der Waals surface area contributed by atoms with Gasteiger partial charge >= 0.3 is 0 Å². The quantitative estimate of drug-likeness (QED) is 0.404. The summed E-state index contributed by atoms with van der Waals surface area (Å²) in [5, 5.41) is 8.78. The van der Waals surface area contributed by atoms with Crippen molar-refractivity contribution in [2.45, 2.75) is 78.6 Å². The lowest BCUT2D eigenvalue weighted by Gasteiger charge is -2.24. The molecule has 2 heteroatoms. The molecule has 1 saturated carbocycles. The molecule has 3 atom stereocenters. The number of rotatable bonds is 9. The summed E-state index contributed by atoms with van der Waals surface area (Å²) in [6.07, 6.45) is 10.9. The number of aliphatic hydroxyl groups is 1. The zero-order valence-corrected chi connectivity index (χ0v) is 20.7. The van der Waals surface area contributed by atoms with Crippen molar-refractivity contribution in [2.24, 2.45) is 11.8 Å². The van der Waals surface area contributed by atoms with E-state index < -0.39 is 0 Å². The largest absolute Gasteiger partial charge is 0.493 e. The van der Waals surface area contributed by atoms with Crippen LogP contribution >= 0.6 is 0 Å². The minimum Gasteiger partial charge on any atom is -0.493 e. The first-order valence-corrected chi connectivity index (χ1v) is 12.8. The van der Waals surface area contributed by atoms with Crippen LogP contribution in [-0.4, -0.2) is 18.3 Å². The van der Waals surface area contributed by atoms with E-state index in [0.717, 1.165) is 24.7 Å². The van der Waals surface area contributed by atoms with Crippen LogP contribution < -0.4 is 4.74 Å². The number of benzene rings is 2. The summed E-state index contributed by atoms with van der Waals surface area (Å²) in [6, 6.07) is 19.1. The predicted octanol–water partition coefficient (Wildman–Crippen LogP) is 7.96. The van der Waals surface area contributed by atoms with E-state index in [1.807, 2.05) is 19.9 Å². The van der Waals surface area contributed by atoms with Crippen molar-refractivity contribution in [3.05, 3.63) is 77.4 Å². The van der Waals surface area contributed by atoms with Crippen LogP contribution in [0.15, 0.2) is 66.2 Å². The van der Waals surface area contributed by atoms with E-state index in [1.54, 1.807) is 5.57 Å². The molecule has 1 N–H and O–H groups in total. The summed E-state index contributed by atoms with van der Waals surface area (Å²) < 4.78 is 5.84. The molecule has 0 saturated heterocycles. The fourth-order valence-corrected chi connectivity index (χ4v) is 4.59. The maximum absolute atomic E-state index is 8.78. The lowest BCUT2D eigenvalue weighted by molar-refractivity contribution is 0.239. The minimum atomic E-state index is 0.361. The van der Waals surface area contributed by atoms with Crippen LogP contribution in [0.4, 0.5) is 0 Å². The summed E-state index contributed by atoms with van der Waals surface area (Å²) in [6.45, 7) is 9.61. The van der Waals surface area contributed by atoms with Crippen LogP contribution in [0.3, 0.4) is 0 Å². The maximum atomic E-state index is 8.78. The molecular formula is C30H44O2. The Morgan fingerprint density at radius 2 is 1.72 bits per heavy atom. The van der Waals surface area contributed by atoms with Gasteiger partial charge in [0.15, 0.2) is 0 Å². The highest BCUT2D eigenvalue weighted by Gasteiger charge is 2.31. The van der Waals surface area contributed by atoms with Crippen LogP contribution in [0.2, 0.25) is 0 Å². The van der Waals surface area contributed by atoms with Crippen molar-refractivity contribution in [3.8, 4) is 5.75 Å². The molecular weight excluding hydrogens is 392 g/mol. The van der Waals surface area contributed by atoms with Crippen molar-refractivity contribution >= 4 is 0 Å². The normalized spacial score (nSPS) is 19.2. The van der Waals surface area contributed by atoms with Crippen molar-refractivity contribution in [2.75, 3.05) is 13.2 Å². The second-order valence-electron chi connectivity index (χ2n) is 8.70. The average molecular weight is 437 g/mol. The van der Waals surface area contributed by atoms with Crippen molar-refractivity contribution in [3.63, 3.8) is 0 Å². The van der Waals surface area contributed by atoms with E-state index in [4.69, 9.17) is 9.84 Å². The van der Waals surface area contributed by atoms with Gasteiger partial charge in [-0.25, -0.2) is 0 Å². The van der Waals surface area contributed by atoms with Crippen LogP contribution in [0.1, 0.15) is 83.3 Å². The highest BCUT2D eigenvalue weighted by molar-refractivity contribution is 5.29. The zero-order valence-electron chi connectivity index (χ0n) is 20.7. The molecule has 0 radical (unpaired) electrons. The Morgan fingerprint density at radius 1 is 1.00 bits per heavy atom. The highest BCUT2D eigenvalue weighted by atomic mass is 16.5. The minimum absolute atomic E-state index is 0.361. The van der Waals surface area contributed by atoms with Gasteiger partial charge < -0.3 is 9.84 Å². The topological polar surface area (TPSA) is 29.5 Å². The molecule has 2 nitrogen and oxygen atoms in total. The molecule has 2 aromatic rings. The third-order valence-corrected chi connectivity index (χ3v) is 6.56. The fraction of sp³-hybridized carbons (Fsp3) is 0.533. The SMILES string of the molecule is CC.CCCC(CC)c1ccc(OCCc2ccccc2)cc1.OCC1C=C2CCC2C1. The summed E-state index contributed by atoms with van der Waals surface area (Å²) in [7, 11) is 0. The smallest absolute Gasteiger partial charge is 0.119 e. The molecule has 2 aromatic carbocycles. The number of aliphatic hydroxyl groups excluding tert-OH is 1. The van der Waals surface area contributed by atoms with Crippen molar-refractivity contribution in [1.29, 1.82) is 0 Å². The molecule has 4 rings (SSSR count). The van der Waals surface area contributed by atoms with E-state index >= 15 is 0 Å². The third kappa shape index (κ3) is 8.13. The predicted molar refractivity (Wildman–Crippen MR) is 137 cm³/mol. The third-order valence-electron chi connectivity index (χ3n) is 6.56. The Morgan fingerprint density at radius 3 is 2.22 bits per heavy atom. The van der Waals surface area contributed by atoms with Crippen molar-refractivity contribution < 1.29 is 9.84 Å². The maximum Gasteiger partial charge on any atom is 0.119 e. The number of allylic oxidation sites excluding steroid dienone is 1. The first kappa shape index (κ1) is 26.2. The van der Waals surface area contributed by atoms with E-state index in [0.29, 0.717) is 18.4 Å².